The molecule has 0 radical (unpaired) electrons. The third-order valence-electron chi connectivity index (χ3n) is 4.35. The normalized spacial score (nSPS) is 10.7. The van der Waals surface area contributed by atoms with Crippen LogP contribution in [0.4, 0.5) is 0 Å². The van der Waals surface area contributed by atoms with Crippen molar-refractivity contribution in [2.45, 2.75) is 110 Å². The molecule has 0 aromatic rings. The Bertz CT molecular complexity index is 283. The van der Waals surface area contributed by atoms with Gasteiger partial charge in [-0.2, -0.15) is 5.01 Å². The molecule has 1 amide bonds. The average Bonchev–Trinajstić information content (AvgIpc) is 2.56. The molecule has 0 aliphatic carbocycles. The lowest BCUT2D eigenvalue weighted by Gasteiger charge is -2.12. The molecule has 0 fully saturated rings. The molecular formula is C19H38N2O2. The van der Waals surface area contributed by atoms with Crippen LogP contribution in [0.3, 0.4) is 0 Å². The highest BCUT2D eigenvalue weighted by molar-refractivity contribution is 5.75. The van der Waals surface area contributed by atoms with Crippen molar-refractivity contribution < 1.29 is 4.79 Å². The molecule has 0 saturated heterocycles. The Balaban J connectivity index is 3.41. The van der Waals surface area contributed by atoms with Gasteiger partial charge < -0.3 is 0 Å². The van der Waals surface area contributed by atoms with Crippen LogP contribution >= 0.6 is 0 Å². The van der Waals surface area contributed by atoms with Crippen molar-refractivity contribution in [3.63, 3.8) is 0 Å². The summed E-state index contributed by atoms with van der Waals surface area (Å²) in [5.74, 6) is -0.105. The summed E-state index contributed by atoms with van der Waals surface area (Å²) in [6, 6.07) is 0. The zero-order chi connectivity index (χ0) is 17.2. The number of unbranched alkanes of at least 4 members (excludes halogenated alkanes) is 12. The molecule has 0 bridgehead atoms. The Hall–Kier alpha value is -0.930. The highest BCUT2D eigenvalue weighted by Gasteiger charge is 2.12. The first kappa shape index (κ1) is 22.1. The number of rotatable bonds is 17. The minimum absolute atomic E-state index is 0.105. The summed E-state index contributed by atoms with van der Waals surface area (Å²) >= 11 is 0. The lowest BCUT2D eigenvalue weighted by atomic mass is 10.1. The van der Waals surface area contributed by atoms with Crippen LogP contribution in [0.2, 0.25) is 0 Å². The lowest BCUT2D eigenvalue weighted by molar-refractivity contribution is -0.131. The smallest absolute Gasteiger partial charge is 0.245 e. The van der Waals surface area contributed by atoms with Crippen molar-refractivity contribution in [1.82, 2.24) is 5.01 Å². The van der Waals surface area contributed by atoms with E-state index >= 15 is 0 Å². The van der Waals surface area contributed by atoms with Gasteiger partial charge in [0.05, 0.1) is 5.29 Å². The molecule has 0 spiro atoms. The standard InChI is InChI=1S/C19H38N2O2/c1-3-5-7-8-9-10-11-12-13-14-15-17-19(22)21(20-23)18-16-6-4-2/h3-18H2,1-2H3. The largest absolute Gasteiger partial charge is 0.273 e. The van der Waals surface area contributed by atoms with Crippen molar-refractivity contribution in [3.8, 4) is 0 Å². The molecule has 0 unspecified atom stereocenters. The first-order chi connectivity index (χ1) is 11.3. The Morgan fingerprint density at radius 3 is 1.61 bits per heavy atom. The second kappa shape index (κ2) is 17.4. The SMILES string of the molecule is CCCCCCCCCCCCCC(=O)N(CCCCC)N=O. The van der Waals surface area contributed by atoms with Gasteiger partial charge in [0.15, 0.2) is 0 Å². The molecule has 4 nitrogen and oxygen atoms in total. The van der Waals surface area contributed by atoms with Gasteiger partial charge in [0, 0.05) is 13.0 Å². The number of carbonyl (C=O) groups is 1. The Labute approximate surface area is 143 Å². The maximum Gasteiger partial charge on any atom is 0.245 e. The van der Waals surface area contributed by atoms with E-state index in [0.717, 1.165) is 37.1 Å². The summed E-state index contributed by atoms with van der Waals surface area (Å²) < 4.78 is 0. The van der Waals surface area contributed by atoms with Gasteiger partial charge in [0.25, 0.3) is 0 Å². The van der Waals surface area contributed by atoms with Gasteiger partial charge in [-0.15, -0.1) is 4.91 Å². The van der Waals surface area contributed by atoms with Gasteiger partial charge in [-0.3, -0.25) is 4.79 Å². The maximum atomic E-state index is 11.9. The minimum atomic E-state index is -0.105. The van der Waals surface area contributed by atoms with Gasteiger partial charge in [-0.25, -0.2) is 0 Å². The van der Waals surface area contributed by atoms with E-state index in [2.05, 4.69) is 19.1 Å². The zero-order valence-corrected chi connectivity index (χ0v) is 15.5. The van der Waals surface area contributed by atoms with Crippen molar-refractivity contribution >= 4 is 5.91 Å². The summed E-state index contributed by atoms with van der Waals surface area (Å²) in [4.78, 5) is 22.6. The third kappa shape index (κ3) is 14.4. The highest BCUT2D eigenvalue weighted by atomic mass is 16.3. The summed E-state index contributed by atoms with van der Waals surface area (Å²) in [5, 5.41) is 3.98. The summed E-state index contributed by atoms with van der Waals surface area (Å²) in [6.07, 6.45) is 17.4. The molecule has 0 aromatic heterocycles. The first-order valence-electron chi connectivity index (χ1n) is 9.89. The molecule has 136 valence electrons. The van der Waals surface area contributed by atoms with Gasteiger partial charge in [0.1, 0.15) is 0 Å². The Morgan fingerprint density at radius 1 is 0.696 bits per heavy atom. The fourth-order valence-electron chi connectivity index (χ4n) is 2.79. The maximum absolute atomic E-state index is 11.9. The van der Waals surface area contributed by atoms with Crippen molar-refractivity contribution in [2.24, 2.45) is 5.29 Å². The number of hydrogen-bond donors (Lipinski definition) is 0. The molecule has 0 atom stereocenters. The average molecular weight is 327 g/mol. The number of carbonyl (C=O) groups excluding carboxylic acids is 1. The fraction of sp³-hybridized carbons (Fsp3) is 0.947. The molecule has 23 heavy (non-hydrogen) atoms. The minimum Gasteiger partial charge on any atom is -0.273 e. The number of nitroso groups, excluding NO2 is 1. The fourth-order valence-corrected chi connectivity index (χ4v) is 2.79. The number of nitrogens with zero attached hydrogens (tertiary/aromatic N) is 2. The molecule has 0 heterocycles. The highest BCUT2D eigenvalue weighted by Crippen LogP contribution is 2.12. The quantitative estimate of drug-likeness (QED) is 0.177. The van der Waals surface area contributed by atoms with Crippen LogP contribution in [-0.2, 0) is 4.79 Å². The molecule has 0 rings (SSSR count). The van der Waals surface area contributed by atoms with E-state index in [-0.39, 0.29) is 5.91 Å². The number of amides is 1. The Kier molecular flexibility index (Phi) is 16.7. The predicted octanol–water partition coefficient (Wildman–Crippen LogP) is 6.39. The molecule has 0 N–H and O–H groups in total. The van der Waals surface area contributed by atoms with E-state index in [1.165, 1.54) is 57.8 Å². The topological polar surface area (TPSA) is 49.7 Å². The van der Waals surface area contributed by atoms with Gasteiger partial charge in [-0.1, -0.05) is 90.9 Å². The van der Waals surface area contributed by atoms with E-state index < -0.39 is 0 Å². The molecule has 0 aliphatic heterocycles. The summed E-state index contributed by atoms with van der Waals surface area (Å²) in [5.41, 5.74) is 0. The van der Waals surface area contributed by atoms with Crippen LogP contribution in [0.15, 0.2) is 5.29 Å². The van der Waals surface area contributed by atoms with Crippen LogP contribution in [0.1, 0.15) is 110 Å². The van der Waals surface area contributed by atoms with E-state index in [9.17, 15) is 9.70 Å². The van der Waals surface area contributed by atoms with Crippen molar-refractivity contribution in [1.29, 1.82) is 0 Å². The predicted molar refractivity (Wildman–Crippen MR) is 98.1 cm³/mol. The molecule has 4 heteroatoms. The Morgan fingerprint density at radius 2 is 1.13 bits per heavy atom. The summed E-state index contributed by atoms with van der Waals surface area (Å²) in [7, 11) is 0. The number of hydrogen-bond acceptors (Lipinski definition) is 3. The van der Waals surface area contributed by atoms with Crippen LogP contribution in [0.5, 0.6) is 0 Å². The van der Waals surface area contributed by atoms with Crippen molar-refractivity contribution in [3.05, 3.63) is 4.91 Å². The van der Waals surface area contributed by atoms with Crippen LogP contribution in [0, 0.1) is 4.91 Å². The first-order valence-corrected chi connectivity index (χ1v) is 9.89. The molecule has 0 aliphatic rings. The van der Waals surface area contributed by atoms with Crippen LogP contribution in [0.25, 0.3) is 0 Å². The van der Waals surface area contributed by atoms with E-state index in [1.54, 1.807) is 0 Å². The molecule has 0 saturated carbocycles. The van der Waals surface area contributed by atoms with E-state index in [4.69, 9.17) is 0 Å². The van der Waals surface area contributed by atoms with Gasteiger partial charge in [-0.05, 0) is 12.8 Å². The molecular weight excluding hydrogens is 288 g/mol. The van der Waals surface area contributed by atoms with Crippen molar-refractivity contribution in [2.75, 3.05) is 6.54 Å². The van der Waals surface area contributed by atoms with Gasteiger partial charge in [0.2, 0.25) is 5.91 Å². The lowest BCUT2D eigenvalue weighted by Crippen LogP contribution is -2.26. The van der Waals surface area contributed by atoms with Crippen LogP contribution in [-0.4, -0.2) is 17.5 Å². The second-order valence-electron chi connectivity index (χ2n) is 6.59. The monoisotopic (exact) mass is 326 g/mol. The molecule has 0 aromatic carbocycles. The van der Waals surface area contributed by atoms with E-state index in [0.29, 0.717) is 13.0 Å². The van der Waals surface area contributed by atoms with E-state index in [1.807, 2.05) is 0 Å². The zero-order valence-electron chi connectivity index (χ0n) is 15.5. The second-order valence-corrected chi connectivity index (χ2v) is 6.59. The van der Waals surface area contributed by atoms with Gasteiger partial charge >= 0.3 is 0 Å². The summed E-state index contributed by atoms with van der Waals surface area (Å²) in [6.45, 7) is 4.83. The van der Waals surface area contributed by atoms with Crippen LogP contribution < -0.4 is 0 Å². The third-order valence-corrected chi connectivity index (χ3v) is 4.35.